The number of amides is 1. The molecule has 1 aromatic carbocycles. The van der Waals surface area contributed by atoms with E-state index in [2.05, 4.69) is 0 Å². The second kappa shape index (κ2) is 4.14. The van der Waals surface area contributed by atoms with Gasteiger partial charge < -0.3 is 10.5 Å². The predicted molar refractivity (Wildman–Crippen MR) is 50.9 cm³/mol. The molecule has 0 aliphatic heterocycles. The van der Waals surface area contributed by atoms with Crippen LogP contribution >= 0.6 is 11.6 Å². The summed E-state index contributed by atoms with van der Waals surface area (Å²) in [7, 11) is 0. The fourth-order valence-electron chi connectivity index (χ4n) is 0.885. The van der Waals surface area contributed by atoms with Crippen molar-refractivity contribution >= 4 is 17.5 Å². The number of ether oxygens (including phenoxy) is 1. The van der Waals surface area contributed by atoms with E-state index in [-0.39, 0.29) is 5.56 Å². The Hall–Kier alpha value is -1.22. The molecule has 0 spiro atoms. The molecule has 1 aromatic rings. The quantitative estimate of drug-likeness (QED) is 0.754. The van der Waals surface area contributed by atoms with Crippen LogP contribution in [0.2, 0.25) is 0 Å². The lowest BCUT2D eigenvalue weighted by Gasteiger charge is -2.07. The van der Waals surface area contributed by atoms with Gasteiger partial charge in [-0.25, -0.2) is 0 Å². The third kappa shape index (κ3) is 2.95. The number of carbonyl (C=O) groups is 1. The van der Waals surface area contributed by atoms with E-state index in [9.17, 15) is 4.79 Å². The molecule has 0 radical (unpaired) electrons. The molecular formula is C9H10ClNO2. The van der Waals surface area contributed by atoms with Crippen molar-refractivity contribution in [3.05, 3.63) is 29.8 Å². The zero-order valence-corrected chi connectivity index (χ0v) is 7.91. The summed E-state index contributed by atoms with van der Waals surface area (Å²) in [4.78, 5) is 10.7. The molecule has 4 heteroatoms. The van der Waals surface area contributed by atoms with Gasteiger partial charge in [0.25, 0.3) is 0 Å². The van der Waals surface area contributed by atoms with Gasteiger partial charge in [0, 0.05) is 5.56 Å². The van der Waals surface area contributed by atoms with E-state index in [1.54, 1.807) is 31.2 Å². The van der Waals surface area contributed by atoms with Gasteiger partial charge in [-0.3, -0.25) is 4.79 Å². The average Bonchev–Trinajstić information content (AvgIpc) is 2.04. The van der Waals surface area contributed by atoms with Crippen molar-refractivity contribution in [3.63, 3.8) is 0 Å². The van der Waals surface area contributed by atoms with Gasteiger partial charge in [0.2, 0.25) is 5.91 Å². The summed E-state index contributed by atoms with van der Waals surface area (Å²) >= 11 is 5.60. The third-order valence-corrected chi connectivity index (χ3v) is 1.53. The number of nitrogens with two attached hydrogens (primary N) is 1. The highest BCUT2D eigenvalue weighted by molar-refractivity contribution is 6.19. The van der Waals surface area contributed by atoms with Crippen LogP contribution in [0.3, 0.4) is 0 Å². The van der Waals surface area contributed by atoms with E-state index in [1.165, 1.54) is 0 Å². The molecule has 0 bridgehead atoms. The minimum Gasteiger partial charge on any atom is -0.475 e. The van der Waals surface area contributed by atoms with Gasteiger partial charge in [0.05, 0.1) is 0 Å². The summed E-state index contributed by atoms with van der Waals surface area (Å²) < 4.78 is 5.16. The smallest absolute Gasteiger partial charge is 0.248 e. The number of rotatable bonds is 3. The van der Waals surface area contributed by atoms with Crippen molar-refractivity contribution in [3.8, 4) is 5.75 Å². The first-order valence-electron chi connectivity index (χ1n) is 3.80. The minimum atomic E-state index is -0.453. The van der Waals surface area contributed by atoms with Gasteiger partial charge in [-0.15, -0.1) is 0 Å². The molecule has 1 unspecified atom stereocenters. The van der Waals surface area contributed by atoms with E-state index in [0.29, 0.717) is 11.3 Å². The molecular weight excluding hydrogens is 190 g/mol. The summed E-state index contributed by atoms with van der Waals surface area (Å²) in [6.45, 7) is 1.71. The number of alkyl halides is 1. The largest absolute Gasteiger partial charge is 0.475 e. The number of hydrogen-bond donors (Lipinski definition) is 1. The van der Waals surface area contributed by atoms with E-state index in [1.807, 2.05) is 0 Å². The molecule has 0 heterocycles. The molecule has 0 aliphatic carbocycles. The van der Waals surface area contributed by atoms with Crippen LogP contribution in [0.1, 0.15) is 17.3 Å². The number of hydrogen-bond acceptors (Lipinski definition) is 2. The van der Waals surface area contributed by atoms with Crippen molar-refractivity contribution in [2.75, 3.05) is 0 Å². The summed E-state index contributed by atoms with van der Waals surface area (Å²) in [5.74, 6) is 0.165. The molecule has 1 amide bonds. The molecule has 13 heavy (non-hydrogen) atoms. The Morgan fingerprint density at radius 1 is 1.46 bits per heavy atom. The van der Waals surface area contributed by atoms with E-state index >= 15 is 0 Å². The predicted octanol–water partition coefficient (Wildman–Crippen LogP) is 1.75. The standard InChI is InChI=1S/C9H10ClNO2/c1-6(10)13-8-4-2-7(3-5-8)9(11)12/h2-6H,1H3,(H2,11,12). The lowest BCUT2D eigenvalue weighted by molar-refractivity contribution is 0.100. The fraction of sp³-hybridized carbons (Fsp3) is 0.222. The van der Waals surface area contributed by atoms with Crippen molar-refractivity contribution < 1.29 is 9.53 Å². The van der Waals surface area contributed by atoms with E-state index in [4.69, 9.17) is 22.1 Å². The molecule has 2 N–H and O–H groups in total. The molecule has 0 aromatic heterocycles. The maximum Gasteiger partial charge on any atom is 0.248 e. The van der Waals surface area contributed by atoms with Crippen LogP contribution in [-0.2, 0) is 0 Å². The zero-order valence-electron chi connectivity index (χ0n) is 7.16. The Bertz CT molecular complexity index is 295. The van der Waals surface area contributed by atoms with Crippen molar-refractivity contribution in [1.29, 1.82) is 0 Å². The molecule has 0 aliphatic rings. The Kier molecular flexibility index (Phi) is 3.14. The Labute approximate surface area is 81.4 Å². The van der Waals surface area contributed by atoms with Crippen LogP contribution in [0.5, 0.6) is 5.75 Å². The second-order valence-electron chi connectivity index (χ2n) is 2.55. The number of halogens is 1. The van der Waals surface area contributed by atoms with E-state index < -0.39 is 5.91 Å². The van der Waals surface area contributed by atoms with Crippen LogP contribution in [0.4, 0.5) is 0 Å². The maximum atomic E-state index is 10.7. The van der Waals surface area contributed by atoms with Gasteiger partial charge in [0.15, 0.2) is 5.56 Å². The number of carbonyl (C=O) groups excluding carboxylic acids is 1. The highest BCUT2D eigenvalue weighted by atomic mass is 35.5. The van der Waals surface area contributed by atoms with Crippen LogP contribution in [0.25, 0.3) is 0 Å². The van der Waals surface area contributed by atoms with Gasteiger partial charge in [-0.1, -0.05) is 11.6 Å². The third-order valence-electron chi connectivity index (χ3n) is 1.44. The van der Waals surface area contributed by atoms with Crippen molar-refractivity contribution in [1.82, 2.24) is 0 Å². The molecule has 3 nitrogen and oxygen atoms in total. The normalized spacial score (nSPS) is 12.2. The second-order valence-corrected chi connectivity index (χ2v) is 3.16. The maximum absolute atomic E-state index is 10.7. The Morgan fingerprint density at radius 3 is 2.38 bits per heavy atom. The minimum absolute atomic E-state index is 0.389. The summed E-state index contributed by atoms with van der Waals surface area (Å²) in [6.07, 6.45) is 0. The SMILES string of the molecule is CC(Cl)Oc1ccc(C(N)=O)cc1. The molecule has 0 saturated heterocycles. The highest BCUT2D eigenvalue weighted by Crippen LogP contribution is 2.14. The number of primary amides is 1. The Balaban J connectivity index is 2.75. The first-order valence-corrected chi connectivity index (χ1v) is 4.24. The lowest BCUT2D eigenvalue weighted by Crippen LogP contribution is -2.10. The van der Waals surface area contributed by atoms with Crippen LogP contribution in [0, 0.1) is 0 Å². The fourth-order valence-corrected chi connectivity index (χ4v) is 0.988. The summed E-state index contributed by atoms with van der Waals surface area (Å²) in [5.41, 5.74) is 5.12. The first-order chi connectivity index (χ1) is 6.09. The van der Waals surface area contributed by atoms with Crippen LogP contribution in [-0.4, -0.2) is 11.5 Å². The van der Waals surface area contributed by atoms with Crippen LogP contribution < -0.4 is 10.5 Å². The monoisotopic (exact) mass is 199 g/mol. The molecule has 0 saturated carbocycles. The molecule has 0 fully saturated rings. The number of benzene rings is 1. The first kappa shape index (κ1) is 9.86. The molecule has 1 atom stereocenters. The van der Waals surface area contributed by atoms with Gasteiger partial charge in [-0.05, 0) is 31.2 Å². The molecule has 1 rings (SSSR count). The van der Waals surface area contributed by atoms with Crippen molar-refractivity contribution in [2.45, 2.75) is 12.5 Å². The highest BCUT2D eigenvalue weighted by Gasteiger charge is 2.01. The molecule has 70 valence electrons. The van der Waals surface area contributed by atoms with E-state index in [0.717, 1.165) is 0 Å². The Morgan fingerprint density at radius 2 is 2.00 bits per heavy atom. The topological polar surface area (TPSA) is 52.3 Å². The zero-order chi connectivity index (χ0) is 9.84. The van der Waals surface area contributed by atoms with Gasteiger partial charge >= 0.3 is 0 Å². The van der Waals surface area contributed by atoms with Crippen molar-refractivity contribution in [2.24, 2.45) is 5.73 Å². The lowest BCUT2D eigenvalue weighted by atomic mass is 10.2. The van der Waals surface area contributed by atoms with Gasteiger partial charge in [-0.2, -0.15) is 0 Å². The van der Waals surface area contributed by atoms with Crippen LogP contribution in [0.15, 0.2) is 24.3 Å². The van der Waals surface area contributed by atoms with Gasteiger partial charge in [0.1, 0.15) is 5.75 Å². The summed E-state index contributed by atoms with van der Waals surface area (Å²) in [6, 6.07) is 6.49. The average molecular weight is 200 g/mol. The summed E-state index contributed by atoms with van der Waals surface area (Å²) in [5, 5.41) is 0.